The minimum atomic E-state index is 0.0742. The lowest BCUT2D eigenvalue weighted by Crippen LogP contribution is -2.09. The molecule has 0 aromatic heterocycles. The van der Waals surface area contributed by atoms with Crippen molar-refractivity contribution in [3.05, 3.63) is 0 Å². The van der Waals surface area contributed by atoms with Crippen molar-refractivity contribution in [2.45, 2.75) is 90.6 Å². The molecule has 0 aromatic carbocycles. The lowest BCUT2D eigenvalue weighted by Gasteiger charge is -2.11. The van der Waals surface area contributed by atoms with Gasteiger partial charge in [-0.05, 0) is 12.8 Å². The summed E-state index contributed by atoms with van der Waals surface area (Å²) in [4.78, 5) is 4.45. The van der Waals surface area contributed by atoms with Crippen LogP contribution in [-0.2, 0) is 4.89 Å². The highest BCUT2D eigenvalue weighted by Gasteiger charge is 2.06. The van der Waals surface area contributed by atoms with E-state index in [1.54, 1.807) is 0 Å². The van der Waals surface area contributed by atoms with E-state index in [0.717, 1.165) is 19.3 Å². The first-order chi connectivity index (χ1) is 7.85. The topological polar surface area (TPSA) is 29.5 Å². The number of hydrogen-bond acceptors (Lipinski definition) is 2. The van der Waals surface area contributed by atoms with E-state index in [9.17, 15) is 0 Å². The minimum Gasteiger partial charge on any atom is -0.252 e. The van der Waals surface area contributed by atoms with Gasteiger partial charge in [-0.1, -0.05) is 71.6 Å². The van der Waals surface area contributed by atoms with Crippen molar-refractivity contribution in [3.63, 3.8) is 0 Å². The summed E-state index contributed by atoms with van der Waals surface area (Å²) in [5, 5.41) is 8.66. The summed E-state index contributed by atoms with van der Waals surface area (Å²) in [6.45, 7) is 4.38. The normalized spacial score (nSPS) is 12.9. The zero-order valence-corrected chi connectivity index (χ0v) is 11.2. The zero-order chi connectivity index (χ0) is 12.1. The molecule has 98 valence electrons. The highest BCUT2D eigenvalue weighted by atomic mass is 17.1. The molecule has 0 aromatic rings. The van der Waals surface area contributed by atoms with Gasteiger partial charge < -0.3 is 0 Å². The van der Waals surface area contributed by atoms with Crippen LogP contribution in [0.4, 0.5) is 0 Å². The predicted molar refractivity (Wildman–Crippen MR) is 69.6 cm³/mol. The molecule has 1 unspecified atom stereocenters. The molecule has 1 N–H and O–H groups in total. The Hall–Kier alpha value is -0.0800. The zero-order valence-electron chi connectivity index (χ0n) is 11.2. The van der Waals surface area contributed by atoms with Gasteiger partial charge in [0.2, 0.25) is 0 Å². The minimum absolute atomic E-state index is 0.0742. The van der Waals surface area contributed by atoms with Gasteiger partial charge in [0.1, 0.15) is 0 Å². The van der Waals surface area contributed by atoms with Crippen molar-refractivity contribution in [1.29, 1.82) is 0 Å². The molecule has 0 spiro atoms. The molecule has 0 rings (SSSR count). The van der Waals surface area contributed by atoms with Gasteiger partial charge in [0.15, 0.2) is 0 Å². The molecule has 1 atom stereocenters. The van der Waals surface area contributed by atoms with Gasteiger partial charge >= 0.3 is 0 Å². The Labute approximate surface area is 101 Å². The number of rotatable bonds is 12. The standard InChI is InChI=1S/C14H30O2/c1-3-5-6-7-8-9-10-11-13-14(16-15)12-4-2/h14-15H,3-13H2,1-2H3. The fourth-order valence-electron chi connectivity index (χ4n) is 2.08. The quantitative estimate of drug-likeness (QED) is 0.284. The summed E-state index contributed by atoms with van der Waals surface area (Å²) in [5.41, 5.74) is 0. The van der Waals surface area contributed by atoms with Crippen LogP contribution in [0, 0.1) is 0 Å². The Morgan fingerprint density at radius 1 is 0.750 bits per heavy atom. The Kier molecular flexibility index (Phi) is 12.9. The van der Waals surface area contributed by atoms with Crippen molar-refractivity contribution < 1.29 is 10.1 Å². The van der Waals surface area contributed by atoms with E-state index in [4.69, 9.17) is 5.26 Å². The molecule has 0 saturated carbocycles. The summed E-state index contributed by atoms with van der Waals surface area (Å²) in [7, 11) is 0. The molecule has 0 aliphatic carbocycles. The molecule has 0 saturated heterocycles. The lowest BCUT2D eigenvalue weighted by molar-refractivity contribution is -0.281. The highest BCUT2D eigenvalue weighted by molar-refractivity contribution is 4.56. The second-order valence-corrected chi connectivity index (χ2v) is 4.78. The van der Waals surface area contributed by atoms with Crippen LogP contribution in [-0.4, -0.2) is 11.4 Å². The van der Waals surface area contributed by atoms with Crippen molar-refractivity contribution >= 4 is 0 Å². The second-order valence-electron chi connectivity index (χ2n) is 4.78. The van der Waals surface area contributed by atoms with Crippen molar-refractivity contribution in [2.75, 3.05) is 0 Å². The Balaban J connectivity index is 3.12. The first kappa shape index (κ1) is 15.9. The van der Waals surface area contributed by atoms with Crippen LogP contribution in [0.1, 0.15) is 84.5 Å². The molecular weight excluding hydrogens is 200 g/mol. The molecule has 0 aliphatic heterocycles. The Morgan fingerprint density at radius 2 is 1.31 bits per heavy atom. The van der Waals surface area contributed by atoms with Crippen LogP contribution in [0.3, 0.4) is 0 Å². The van der Waals surface area contributed by atoms with E-state index < -0.39 is 0 Å². The lowest BCUT2D eigenvalue weighted by atomic mass is 10.0. The molecule has 0 amide bonds. The largest absolute Gasteiger partial charge is 0.252 e. The van der Waals surface area contributed by atoms with Crippen LogP contribution < -0.4 is 0 Å². The van der Waals surface area contributed by atoms with Gasteiger partial charge in [-0.2, -0.15) is 0 Å². The van der Waals surface area contributed by atoms with E-state index in [1.807, 2.05) is 0 Å². The maximum absolute atomic E-state index is 8.66. The van der Waals surface area contributed by atoms with E-state index in [1.165, 1.54) is 51.4 Å². The van der Waals surface area contributed by atoms with E-state index in [2.05, 4.69) is 18.7 Å². The molecule has 0 fully saturated rings. The maximum Gasteiger partial charge on any atom is 0.0927 e. The van der Waals surface area contributed by atoms with Crippen LogP contribution in [0.25, 0.3) is 0 Å². The average molecular weight is 230 g/mol. The third kappa shape index (κ3) is 10.4. The first-order valence-corrected chi connectivity index (χ1v) is 7.15. The Bertz CT molecular complexity index is 126. The summed E-state index contributed by atoms with van der Waals surface area (Å²) in [6, 6.07) is 0. The fourth-order valence-corrected chi connectivity index (χ4v) is 2.08. The monoisotopic (exact) mass is 230 g/mol. The summed E-state index contributed by atoms with van der Waals surface area (Å²) in [6.07, 6.45) is 13.8. The molecule has 16 heavy (non-hydrogen) atoms. The van der Waals surface area contributed by atoms with Gasteiger partial charge in [0.05, 0.1) is 6.10 Å². The van der Waals surface area contributed by atoms with Crippen molar-refractivity contribution in [2.24, 2.45) is 0 Å². The fraction of sp³-hybridized carbons (Fsp3) is 1.00. The van der Waals surface area contributed by atoms with Gasteiger partial charge in [0, 0.05) is 0 Å². The van der Waals surface area contributed by atoms with Crippen molar-refractivity contribution in [3.8, 4) is 0 Å². The predicted octanol–water partition coefficient (Wildman–Crippen LogP) is 5.18. The molecule has 0 aliphatic rings. The highest BCUT2D eigenvalue weighted by Crippen LogP contribution is 2.13. The smallest absolute Gasteiger partial charge is 0.0927 e. The number of unbranched alkanes of at least 4 members (excludes halogenated alkanes) is 7. The van der Waals surface area contributed by atoms with Gasteiger partial charge in [-0.3, -0.25) is 5.26 Å². The molecule has 0 heterocycles. The van der Waals surface area contributed by atoms with Gasteiger partial charge in [0.25, 0.3) is 0 Å². The molecule has 0 bridgehead atoms. The average Bonchev–Trinajstić information content (AvgIpc) is 2.31. The third-order valence-corrected chi connectivity index (χ3v) is 3.14. The van der Waals surface area contributed by atoms with E-state index in [-0.39, 0.29) is 6.10 Å². The van der Waals surface area contributed by atoms with E-state index in [0.29, 0.717) is 0 Å². The summed E-state index contributed by atoms with van der Waals surface area (Å²) in [5.74, 6) is 0. The van der Waals surface area contributed by atoms with Crippen LogP contribution >= 0.6 is 0 Å². The molecule has 2 nitrogen and oxygen atoms in total. The van der Waals surface area contributed by atoms with Gasteiger partial charge in [-0.15, -0.1) is 0 Å². The molecule has 2 heteroatoms. The van der Waals surface area contributed by atoms with E-state index >= 15 is 0 Å². The van der Waals surface area contributed by atoms with Crippen LogP contribution in [0.15, 0.2) is 0 Å². The van der Waals surface area contributed by atoms with Crippen molar-refractivity contribution in [1.82, 2.24) is 0 Å². The van der Waals surface area contributed by atoms with Gasteiger partial charge in [-0.25, -0.2) is 4.89 Å². The maximum atomic E-state index is 8.66. The summed E-state index contributed by atoms with van der Waals surface area (Å²) < 4.78 is 0. The number of hydrogen-bond donors (Lipinski definition) is 1. The molecule has 0 radical (unpaired) electrons. The SMILES string of the molecule is CCCCCCCCCCC(CCC)OO. The van der Waals surface area contributed by atoms with Crippen LogP contribution in [0.5, 0.6) is 0 Å². The summed E-state index contributed by atoms with van der Waals surface area (Å²) >= 11 is 0. The third-order valence-electron chi connectivity index (χ3n) is 3.14. The second kappa shape index (κ2) is 13.0. The Morgan fingerprint density at radius 3 is 1.81 bits per heavy atom. The first-order valence-electron chi connectivity index (χ1n) is 7.15. The van der Waals surface area contributed by atoms with Crippen LogP contribution in [0.2, 0.25) is 0 Å². The molecular formula is C14H30O2.